The fourth-order valence-corrected chi connectivity index (χ4v) is 2.29. The largest absolute Gasteiger partial charge is 0.478 e. The fraction of sp³-hybridized carbons (Fsp3) is 0.417. The van der Waals surface area contributed by atoms with Gasteiger partial charge >= 0.3 is 5.97 Å². The molecule has 0 unspecified atom stereocenters. The molecule has 0 aromatic heterocycles. The lowest BCUT2D eigenvalue weighted by Gasteiger charge is -2.34. The van der Waals surface area contributed by atoms with Crippen LogP contribution in [-0.4, -0.2) is 29.8 Å². The van der Waals surface area contributed by atoms with Gasteiger partial charge in [-0.25, -0.2) is 4.79 Å². The van der Waals surface area contributed by atoms with Crippen LogP contribution in [0.25, 0.3) is 0 Å². The van der Waals surface area contributed by atoms with Gasteiger partial charge in [0.25, 0.3) is 0 Å². The van der Waals surface area contributed by atoms with E-state index in [1.54, 1.807) is 6.07 Å². The molecule has 92 valence electrons. The standard InChI is InChI=1S/C12H14BrNO3/c13-9-3-1-2-4-10(9)17-12(11(15)16)5-7-14-8-6-12/h1-4,14H,5-8H2,(H,15,16). The van der Waals surface area contributed by atoms with Gasteiger partial charge in [-0.1, -0.05) is 12.1 Å². The van der Waals surface area contributed by atoms with Crippen LogP contribution in [0.2, 0.25) is 0 Å². The summed E-state index contributed by atoms with van der Waals surface area (Å²) in [6.45, 7) is 1.33. The molecule has 0 aliphatic carbocycles. The number of carboxylic acid groups (broad SMARTS) is 1. The normalized spacial score (nSPS) is 18.6. The van der Waals surface area contributed by atoms with Crippen LogP contribution >= 0.6 is 15.9 Å². The van der Waals surface area contributed by atoms with Crippen LogP contribution in [0, 0.1) is 0 Å². The second-order valence-electron chi connectivity index (χ2n) is 4.08. The molecule has 1 aliphatic heterocycles. The van der Waals surface area contributed by atoms with E-state index in [2.05, 4.69) is 21.2 Å². The monoisotopic (exact) mass is 299 g/mol. The summed E-state index contributed by atoms with van der Waals surface area (Å²) in [7, 11) is 0. The van der Waals surface area contributed by atoms with E-state index < -0.39 is 11.6 Å². The number of piperidine rings is 1. The summed E-state index contributed by atoms with van der Waals surface area (Å²) >= 11 is 3.36. The minimum absolute atomic E-state index is 0.476. The van der Waals surface area contributed by atoms with Crippen molar-refractivity contribution in [1.82, 2.24) is 5.32 Å². The molecule has 1 saturated heterocycles. The van der Waals surface area contributed by atoms with Crippen molar-refractivity contribution in [2.75, 3.05) is 13.1 Å². The maximum absolute atomic E-state index is 11.4. The predicted octanol–water partition coefficient (Wildman–Crippen LogP) is 2.03. The Kier molecular flexibility index (Phi) is 3.69. The van der Waals surface area contributed by atoms with Gasteiger partial charge in [-0.15, -0.1) is 0 Å². The number of aliphatic carboxylic acids is 1. The molecule has 1 aliphatic rings. The van der Waals surface area contributed by atoms with Crippen molar-refractivity contribution in [2.45, 2.75) is 18.4 Å². The topological polar surface area (TPSA) is 58.6 Å². The first-order chi connectivity index (χ1) is 8.14. The van der Waals surface area contributed by atoms with Crippen molar-refractivity contribution in [1.29, 1.82) is 0 Å². The molecule has 0 saturated carbocycles. The first-order valence-corrected chi connectivity index (χ1v) is 6.31. The number of nitrogens with one attached hydrogen (secondary N) is 1. The Balaban J connectivity index is 2.24. The average molecular weight is 300 g/mol. The lowest BCUT2D eigenvalue weighted by molar-refractivity contribution is -0.157. The van der Waals surface area contributed by atoms with Gasteiger partial charge < -0.3 is 15.2 Å². The number of hydrogen-bond acceptors (Lipinski definition) is 3. The molecule has 5 heteroatoms. The number of ether oxygens (including phenoxy) is 1. The number of carbonyl (C=O) groups is 1. The maximum atomic E-state index is 11.4. The highest BCUT2D eigenvalue weighted by Crippen LogP contribution is 2.31. The molecule has 0 amide bonds. The van der Waals surface area contributed by atoms with Crippen molar-refractivity contribution in [3.05, 3.63) is 28.7 Å². The Morgan fingerprint density at radius 2 is 2.00 bits per heavy atom. The number of benzene rings is 1. The summed E-state index contributed by atoms with van der Waals surface area (Å²) in [5, 5.41) is 12.5. The van der Waals surface area contributed by atoms with E-state index in [1.165, 1.54) is 0 Å². The lowest BCUT2D eigenvalue weighted by atomic mass is 9.92. The van der Waals surface area contributed by atoms with E-state index in [0.29, 0.717) is 31.7 Å². The Morgan fingerprint density at radius 1 is 1.35 bits per heavy atom. The molecule has 0 spiro atoms. The van der Waals surface area contributed by atoms with Crippen molar-refractivity contribution < 1.29 is 14.6 Å². The SMILES string of the molecule is O=C(O)C1(Oc2ccccc2Br)CCNCC1. The Labute approximate surface area is 108 Å². The molecule has 17 heavy (non-hydrogen) atoms. The first kappa shape index (κ1) is 12.4. The number of carboxylic acids is 1. The van der Waals surface area contributed by atoms with Crippen LogP contribution in [0.3, 0.4) is 0 Å². The van der Waals surface area contributed by atoms with Gasteiger partial charge in [-0.3, -0.25) is 0 Å². The number of rotatable bonds is 3. The van der Waals surface area contributed by atoms with E-state index in [4.69, 9.17) is 4.74 Å². The molecule has 1 fully saturated rings. The average Bonchev–Trinajstić information content (AvgIpc) is 2.33. The van der Waals surface area contributed by atoms with Gasteiger partial charge in [0.15, 0.2) is 0 Å². The Morgan fingerprint density at radius 3 is 2.59 bits per heavy atom. The third-order valence-electron chi connectivity index (χ3n) is 2.94. The second kappa shape index (κ2) is 5.06. The van der Waals surface area contributed by atoms with E-state index in [0.717, 1.165) is 4.47 Å². The van der Waals surface area contributed by atoms with E-state index >= 15 is 0 Å². The highest BCUT2D eigenvalue weighted by Gasteiger charge is 2.42. The molecule has 1 aromatic rings. The number of para-hydroxylation sites is 1. The molecule has 1 aromatic carbocycles. The van der Waals surface area contributed by atoms with Gasteiger partial charge in [0.05, 0.1) is 4.47 Å². The zero-order valence-electron chi connectivity index (χ0n) is 9.28. The summed E-state index contributed by atoms with van der Waals surface area (Å²) < 4.78 is 6.53. The highest BCUT2D eigenvalue weighted by atomic mass is 79.9. The zero-order valence-corrected chi connectivity index (χ0v) is 10.9. The van der Waals surface area contributed by atoms with Crippen LogP contribution in [0.5, 0.6) is 5.75 Å². The molecule has 2 N–H and O–H groups in total. The van der Waals surface area contributed by atoms with Crippen molar-refractivity contribution in [2.24, 2.45) is 0 Å². The maximum Gasteiger partial charge on any atom is 0.348 e. The van der Waals surface area contributed by atoms with E-state index in [1.807, 2.05) is 18.2 Å². The molecule has 1 heterocycles. The second-order valence-corrected chi connectivity index (χ2v) is 4.94. The smallest absolute Gasteiger partial charge is 0.348 e. The summed E-state index contributed by atoms with van der Waals surface area (Å²) in [4.78, 5) is 11.4. The van der Waals surface area contributed by atoms with Gasteiger partial charge in [-0.05, 0) is 41.2 Å². The summed E-state index contributed by atoms with van der Waals surface area (Å²) in [5.74, 6) is -0.313. The van der Waals surface area contributed by atoms with Crippen LogP contribution in [-0.2, 0) is 4.79 Å². The van der Waals surface area contributed by atoms with Gasteiger partial charge in [0, 0.05) is 12.8 Å². The quantitative estimate of drug-likeness (QED) is 0.897. The van der Waals surface area contributed by atoms with Gasteiger partial charge in [0.1, 0.15) is 5.75 Å². The van der Waals surface area contributed by atoms with Gasteiger partial charge in [-0.2, -0.15) is 0 Å². The summed E-state index contributed by atoms with van der Waals surface area (Å²) in [5.41, 5.74) is -1.10. The van der Waals surface area contributed by atoms with Crippen molar-refractivity contribution in [3.63, 3.8) is 0 Å². The predicted molar refractivity (Wildman–Crippen MR) is 67.2 cm³/mol. The molecular formula is C12H14BrNO3. The van der Waals surface area contributed by atoms with Crippen molar-refractivity contribution >= 4 is 21.9 Å². The Bertz CT molecular complexity index is 416. The third kappa shape index (κ3) is 2.61. The summed E-state index contributed by atoms with van der Waals surface area (Å²) in [6.07, 6.45) is 0.952. The molecule has 0 radical (unpaired) electrons. The Hall–Kier alpha value is -1.07. The van der Waals surface area contributed by atoms with Crippen LogP contribution < -0.4 is 10.1 Å². The zero-order chi connectivity index (χ0) is 12.3. The number of halogens is 1. The van der Waals surface area contributed by atoms with Crippen LogP contribution in [0.4, 0.5) is 0 Å². The van der Waals surface area contributed by atoms with Crippen LogP contribution in [0.1, 0.15) is 12.8 Å². The van der Waals surface area contributed by atoms with Crippen LogP contribution in [0.15, 0.2) is 28.7 Å². The highest BCUT2D eigenvalue weighted by molar-refractivity contribution is 9.10. The van der Waals surface area contributed by atoms with E-state index in [-0.39, 0.29) is 0 Å². The lowest BCUT2D eigenvalue weighted by Crippen LogP contribution is -2.52. The van der Waals surface area contributed by atoms with Crippen molar-refractivity contribution in [3.8, 4) is 5.75 Å². The minimum atomic E-state index is -1.10. The molecule has 0 bridgehead atoms. The molecule has 4 nitrogen and oxygen atoms in total. The molecular weight excluding hydrogens is 286 g/mol. The van der Waals surface area contributed by atoms with E-state index in [9.17, 15) is 9.90 Å². The minimum Gasteiger partial charge on any atom is -0.478 e. The fourth-order valence-electron chi connectivity index (χ4n) is 1.93. The first-order valence-electron chi connectivity index (χ1n) is 5.52. The summed E-state index contributed by atoms with van der Waals surface area (Å²) in [6, 6.07) is 7.31. The molecule has 2 rings (SSSR count). The van der Waals surface area contributed by atoms with Gasteiger partial charge in [0.2, 0.25) is 5.60 Å². The molecule has 0 atom stereocenters. The number of hydrogen-bond donors (Lipinski definition) is 2. The third-order valence-corrected chi connectivity index (χ3v) is 3.60.